The van der Waals surface area contributed by atoms with Crippen LogP contribution in [0.3, 0.4) is 0 Å². The molecule has 1 aliphatic rings. The number of H-pyrrole nitrogens is 1. The van der Waals surface area contributed by atoms with E-state index in [1.54, 1.807) is 22.7 Å². The van der Waals surface area contributed by atoms with Gasteiger partial charge in [0.15, 0.2) is 0 Å². The smallest absolute Gasteiger partial charge is 0.433 e. The highest BCUT2D eigenvalue weighted by atomic mass is 19.4. The predicted molar refractivity (Wildman–Crippen MR) is 127 cm³/mol. The number of hydrogen-bond acceptors (Lipinski definition) is 5. The van der Waals surface area contributed by atoms with Crippen molar-refractivity contribution in [1.82, 2.24) is 24.5 Å². The van der Waals surface area contributed by atoms with Crippen LogP contribution in [0.4, 0.5) is 23.7 Å². The van der Waals surface area contributed by atoms with Crippen LogP contribution in [-0.2, 0) is 6.18 Å². The Kier molecular flexibility index (Phi) is 5.85. The average Bonchev–Trinajstić information content (AvgIpc) is 3.22. The number of aromatic nitrogens is 4. The maximum atomic E-state index is 13.0. The zero-order chi connectivity index (χ0) is 26.5. The number of hydrogen-bond donors (Lipinski definition) is 3. The van der Waals surface area contributed by atoms with Crippen LogP contribution in [0.25, 0.3) is 16.6 Å². The summed E-state index contributed by atoms with van der Waals surface area (Å²) >= 11 is 0. The first-order valence-electron chi connectivity index (χ1n) is 11.4. The number of benzene rings is 1. The quantitative estimate of drug-likeness (QED) is 0.379. The summed E-state index contributed by atoms with van der Waals surface area (Å²) in [5.74, 6) is -0.765. The third-order valence-corrected chi connectivity index (χ3v) is 6.52. The number of nitrogens with one attached hydrogen (secondary N) is 2. The van der Waals surface area contributed by atoms with Crippen molar-refractivity contribution in [3.63, 3.8) is 0 Å². The zero-order valence-corrected chi connectivity index (χ0v) is 19.5. The van der Waals surface area contributed by atoms with Gasteiger partial charge in [-0.3, -0.25) is 9.59 Å². The average molecular weight is 514 g/mol. The van der Waals surface area contributed by atoms with E-state index >= 15 is 0 Å². The number of aromatic amines is 1. The van der Waals surface area contributed by atoms with E-state index in [0.717, 1.165) is 12.1 Å². The van der Waals surface area contributed by atoms with Gasteiger partial charge in [-0.1, -0.05) is 6.07 Å². The normalized spacial score (nSPS) is 14.9. The highest BCUT2D eigenvalue weighted by Crippen LogP contribution is 2.32. The molecule has 1 saturated heterocycles. The van der Waals surface area contributed by atoms with Gasteiger partial charge < -0.3 is 20.3 Å². The third kappa shape index (κ3) is 4.47. The Hall–Kier alpha value is -4.42. The molecule has 1 aliphatic heterocycles. The molecule has 10 nitrogen and oxygen atoms in total. The molecule has 3 aromatic heterocycles. The zero-order valence-electron chi connectivity index (χ0n) is 19.5. The van der Waals surface area contributed by atoms with Gasteiger partial charge in [-0.15, -0.1) is 0 Å². The fraction of sp³-hybridized carbons (Fsp3) is 0.292. The number of nitrogens with zero attached hydrogens (tertiary/aromatic N) is 4. The minimum absolute atomic E-state index is 0.0270. The SMILES string of the molecule is Cc1nc(C(F)(F)F)ccc1C(=O)Nc1cccc2nn3c(C4CCN(C(=O)O)CC4)cc(=O)[nH]c3c12. The number of amides is 2. The van der Waals surface area contributed by atoms with E-state index in [4.69, 9.17) is 0 Å². The number of piperidine rings is 1. The van der Waals surface area contributed by atoms with Crippen molar-refractivity contribution in [2.75, 3.05) is 18.4 Å². The van der Waals surface area contributed by atoms with Crippen molar-refractivity contribution in [1.29, 1.82) is 0 Å². The van der Waals surface area contributed by atoms with Gasteiger partial charge in [0.2, 0.25) is 0 Å². The number of carboxylic acid groups (broad SMARTS) is 1. The molecule has 0 bridgehead atoms. The van der Waals surface area contributed by atoms with Crippen molar-refractivity contribution >= 4 is 34.2 Å². The summed E-state index contributed by atoms with van der Waals surface area (Å²) in [6.07, 6.45) is -4.58. The first-order valence-corrected chi connectivity index (χ1v) is 11.4. The molecule has 0 unspecified atom stereocenters. The van der Waals surface area contributed by atoms with E-state index in [9.17, 15) is 32.7 Å². The minimum atomic E-state index is -4.63. The lowest BCUT2D eigenvalue weighted by Gasteiger charge is -2.30. The summed E-state index contributed by atoms with van der Waals surface area (Å²) in [6.45, 7) is 1.98. The predicted octanol–water partition coefficient (Wildman–Crippen LogP) is 4.01. The van der Waals surface area contributed by atoms with Crippen LogP contribution in [0.2, 0.25) is 0 Å². The monoisotopic (exact) mass is 514 g/mol. The number of rotatable bonds is 3. The van der Waals surface area contributed by atoms with E-state index in [2.05, 4.69) is 20.4 Å². The molecule has 2 amide bonds. The molecule has 3 N–H and O–H groups in total. The summed E-state index contributed by atoms with van der Waals surface area (Å²) in [6, 6.07) is 8.22. The molecule has 0 radical (unpaired) electrons. The Bertz CT molecular complexity index is 1600. The van der Waals surface area contributed by atoms with Gasteiger partial charge in [0.05, 0.1) is 33.5 Å². The molecule has 0 aliphatic carbocycles. The summed E-state index contributed by atoms with van der Waals surface area (Å²) in [5.41, 5.74) is 0.177. The maximum absolute atomic E-state index is 13.0. The molecule has 0 saturated carbocycles. The van der Waals surface area contributed by atoms with Gasteiger partial charge in [0, 0.05) is 25.1 Å². The van der Waals surface area contributed by atoms with E-state index < -0.39 is 23.9 Å². The summed E-state index contributed by atoms with van der Waals surface area (Å²) < 4.78 is 40.5. The van der Waals surface area contributed by atoms with E-state index in [-0.39, 0.29) is 22.7 Å². The molecule has 4 aromatic rings. The molecular weight excluding hydrogens is 493 g/mol. The Morgan fingerprint density at radius 3 is 2.54 bits per heavy atom. The first kappa shape index (κ1) is 24.3. The van der Waals surface area contributed by atoms with E-state index in [1.165, 1.54) is 17.9 Å². The maximum Gasteiger partial charge on any atom is 0.433 e. The number of alkyl halides is 3. The summed E-state index contributed by atoms with van der Waals surface area (Å²) in [7, 11) is 0. The van der Waals surface area contributed by atoms with Crippen molar-refractivity contribution in [3.05, 3.63) is 69.4 Å². The Labute approximate surface area is 206 Å². The van der Waals surface area contributed by atoms with Gasteiger partial charge in [-0.2, -0.15) is 18.3 Å². The minimum Gasteiger partial charge on any atom is -0.465 e. The highest BCUT2D eigenvalue weighted by Gasteiger charge is 2.33. The van der Waals surface area contributed by atoms with E-state index in [0.29, 0.717) is 53.9 Å². The van der Waals surface area contributed by atoms with Gasteiger partial charge in [0.25, 0.3) is 11.5 Å². The van der Waals surface area contributed by atoms with Gasteiger partial charge in [-0.05, 0) is 44.0 Å². The third-order valence-electron chi connectivity index (χ3n) is 6.52. The van der Waals surface area contributed by atoms with Crippen LogP contribution in [0.1, 0.15) is 46.2 Å². The van der Waals surface area contributed by atoms with E-state index in [1.807, 2.05) is 0 Å². The summed E-state index contributed by atoms with van der Waals surface area (Å²) in [4.78, 5) is 44.4. The molecule has 37 heavy (non-hydrogen) atoms. The standard InChI is InChI=1S/C24H21F3N6O4/c1-12-14(5-6-18(28-12)24(25,26)27)22(35)29-15-3-2-4-16-20(15)21-30-19(34)11-17(33(21)31-16)13-7-9-32(10-8-13)23(36)37/h2-6,11,13H,7-10H2,1H3,(H,29,35)(H,30,34)(H,36,37). The second kappa shape index (κ2) is 8.91. The van der Waals surface area contributed by atoms with Crippen molar-refractivity contribution in [3.8, 4) is 0 Å². The second-order valence-electron chi connectivity index (χ2n) is 8.84. The Morgan fingerprint density at radius 1 is 1.16 bits per heavy atom. The van der Waals surface area contributed by atoms with Crippen molar-refractivity contribution in [2.45, 2.75) is 31.9 Å². The largest absolute Gasteiger partial charge is 0.465 e. The number of pyridine rings is 1. The number of halogens is 3. The summed E-state index contributed by atoms with van der Waals surface area (Å²) in [5, 5.41) is 17.0. The highest BCUT2D eigenvalue weighted by molar-refractivity contribution is 6.12. The lowest BCUT2D eigenvalue weighted by Crippen LogP contribution is -2.37. The second-order valence-corrected chi connectivity index (χ2v) is 8.84. The van der Waals surface area contributed by atoms with Crippen LogP contribution in [0, 0.1) is 6.92 Å². The van der Waals surface area contributed by atoms with Crippen molar-refractivity contribution < 1.29 is 27.9 Å². The molecule has 5 rings (SSSR count). The molecule has 1 aromatic carbocycles. The lowest BCUT2D eigenvalue weighted by molar-refractivity contribution is -0.141. The number of fused-ring (bicyclic) bond motifs is 3. The number of carbonyl (C=O) groups is 2. The Balaban J connectivity index is 1.53. The fourth-order valence-electron chi connectivity index (χ4n) is 4.70. The number of likely N-dealkylation sites (tertiary alicyclic amines) is 1. The van der Waals surface area contributed by atoms with Crippen LogP contribution < -0.4 is 10.9 Å². The molecule has 1 fully saturated rings. The molecule has 0 spiro atoms. The van der Waals surface area contributed by atoms with Gasteiger partial charge >= 0.3 is 12.3 Å². The molecule has 4 heterocycles. The molecule has 192 valence electrons. The molecule has 13 heteroatoms. The Morgan fingerprint density at radius 2 is 1.89 bits per heavy atom. The number of anilines is 1. The van der Waals surface area contributed by atoms with Crippen molar-refractivity contribution in [2.24, 2.45) is 0 Å². The van der Waals surface area contributed by atoms with Crippen LogP contribution in [-0.4, -0.2) is 54.7 Å². The van der Waals surface area contributed by atoms with Gasteiger partial charge in [0.1, 0.15) is 11.3 Å². The lowest BCUT2D eigenvalue weighted by atomic mass is 9.93. The topological polar surface area (TPSA) is 133 Å². The molecule has 0 atom stereocenters. The number of carbonyl (C=O) groups excluding carboxylic acids is 1. The van der Waals surface area contributed by atoms with Crippen LogP contribution in [0.15, 0.2) is 41.2 Å². The van der Waals surface area contributed by atoms with Crippen LogP contribution in [0.5, 0.6) is 0 Å². The molecular formula is C24H21F3N6O4. The van der Waals surface area contributed by atoms with Crippen LogP contribution >= 0.6 is 0 Å². The first-order chi connectivity index (χ1) is 17.5. The fourth-order valence-corrected chi connectivity index (χ4v) is 4.70. The van der Waals surface area contributed by atoms with Gasteiger partial charge in [-0.25, -0.2) is 14.3 Å². The number of aryl methyl sites for hydroxylation is 1.